The molecule has 6 heteroatoms. The predicted molar refractivity (Wildman–Crippen MR) is 119 cm³/mol. The summed E-state index contributed by atoms with van der Waals surface area (Å²) in [5.74, 6) is 0.0943. The maximum absolute atomic E-state index is 12.3. The van der Waals surface area contributed by atoms with Gasteiger partial charge in [0.15, 0.2) is 0 Å². The molecule has 0 bridgehead atoms. The molecule has 0 heterocycles. The normalized spacial score (nSPS) is 10.9. The SMILES string of the molecule is COc1cccc(NC(=O)CC(C)=NNC(=O)c2ccc(-c3ccccc3)cc2)c1. The van der Waals surface area contributed by atoms with E-state index in [1.165, 1.54) is 0 Å². The van der Waals surface area contributed by atoms with Gasteiger partial charge in [-0.15, -0.1) is 0 Å². The van der Waals surface area contributed by atoms with Crippen LogP contribution in [0.25, 0.3) is 11.1 Å². The molecular weight excluding hydrogens is 378 g/mol. The first kappa shape index (κ1) is 20.8. The van der Waals surface area contributed by atoms with Crippen molar-refractivity contribution in [3.8, 4) is 16.9 Å². The Balaban J connectivity index is 1.54. The summed E-state index contributed by atoms with van der Waals surface area (Å²) in [5, 5.41) is 6.80. The molecule has 0 radical (unpaired) electrons. The zero-order valence-corrected chi connectivity index (χ0v) is 16.9. The fraction of sp³-hybridized carbons (Fsp3) is 0.125. The average molecular weight is 401 g/mol. The molecule has 0 fully saturated rings. The first-order valence-corrected chi connectivity index (χ1v) is 9.48. The Kier molecular flexibility index (Phi) is 6.95. The highest BCUT2D eigenvalue weighted by Crippen LogP contribution is 2.19. The molecule has 3 rings (SSSR count). The number of hydrazone groups is 1. The van der Waals surface area contributed by atoms with Crippen molar-refractivity contribution in [1.82, 2.24) is 5.43 Å². The third-order valence-corrected chi connectivity index (χ3v) is 4.37. The zero-order valence-electron chi connectivity index (χ0n) is 16.9. The Bertz CT molecular complexity index is 1040. The number of amides is 2. The summed E-state index contributed by atoms with van der Waals surface area (Å²) in [6, 6.07) is 24.3. The fourth-order valence-electron chi connectivity index (χ4n) is 2.83. The third kappa shape index (κ3) is 5.78. The van der Waals surface area contributed by atoms with E-state index in [1.54, 1.807) is 50.4 Å². The Hall–Kier alpha value is -3.93. The summed E-state index contributed by atoms with van der Waals surface area (Å²) in [4.78, 5) is 24.5. The van der Waals surface area contributed by atoms with Crippen molar-refractivity contribution < 1.29 is 14.3 Å². The molecule has 0 atom stereocenters. The van der Waals surface area contributed by atoms with Crippen LogP contribution in [0, 0.1) is 0 Å². The van der Waals surface area contributed by atoms with Crippen LogP contribution in [0.2, 0.25) is 0 Å². The van der Waals surface area contributed by atoms with Crippen molar-refractivity contribution in [2.45, 2.75) is 13.3 Å². The molecule has 0 aliphatic heterocycles. The minimum absolute atomic E-state index is 0.0600. The van der Waals surface area contributed by atoms with E-state index in [0.717, 1.165) is 11.1 Å². The van der Waals surface area contributed by atoms with Gasteiger partial charge in [0.1, 0.15) is 5.75 Å². The van der Waals surface area contributed by atoms with Gasteiger partial charge in [0, 0.05) is 23.0 Å². The van der Waals surface area contributed by atoms with E-state index in [2.05, 4.69) is 15.8 Å². The minimum atomic E-state index is -0.331. The number of carbonyl (C=O) groups excluding carboxylic acids is 2. The molecule has 0 spiro atoms. The zero-order chi connectivity index (χ0) is 21.3. The number of anilines is 1. The van der Waals surface area contributed by atoms with Crippen LogP contribution >= 0.6 is 0 Å². The van der Waals surface area contributed by atoms with Gasteiger partial charge in [0.05, 0.1) is 13.5 Å². The van der Waals surface area contributed by atoms with E-state index >= 15 is 0 Å². The van der Waals surface area contributed by atoms with E-state index in [9.17, 15) is 9.59 Å². The van der Waals surface area contributed by atoms with Gasteiger partial charge < -0.3 is 10.1 Å². The van der Waals surface area contributed by atoms with E-state index in [0.29, 0.717) is 22.7 Å². The largest absolute Gasteiger partial charge is 0.497 e. The van der Waals surface area contributed by atoms with Crippen LogP contribution in [-0.4, -0.2) is 24.6 Å². The molecule has 6 nitrogen and oxygen atoms in total. The minimum Gasteiger partial charge on any atom is -0.497 e. The molecule has 0 saturated heterocycles. The van der Waals surface area contributed by atoms with Crippen molar-refractivity contribution in [1.29, 1.82) is 0 Å². The highest BCUT2D eigenvalue weighted by Gasteiger charge is 2.08. The average Bonchev–Trinajstić information content (AvgIpc) is 2.78. The third-order valence-electron chi connectivity index (χ3n) is 4.37. The summed E-state index contributed by atoms with van der Waals surface area (Å²) in [6.07, 6.45) is 0.0600. The maximum atomic E-state index is 12.3. The summed E-state index contributed by atoms with van der Waals surface area (Å²) in [6.45, 7) is 1.68. The van der Waals surface area contributed by atoms with Crippen LogP contribution in [0.15, 0.2) is 84.0 Å². The molecule has 0 aliphatic rings. The summed E-state index contributed by atoms with van der Waals surface area (Å²) in [5.41, 5.74) is 6.22. The number of ether oxygens (including phenoxy) is 1. The molecule has 0 saturated carbocycles. The van der Waals surface area contributed by atoms with Gasteiger partial charge in [-0.1, -0.05) is 48.5 Å². The highest BCUT2D eigenvalue weighted by molar-refractivity contribution is 6.06. The lowest BCUT2D eigenvalue weighted by atomic mass is 10.0. The van der Waals surface area contributed by atoms with Crippen LogP contribution in [0.4, 0.5) is 5.69 Å². The molecule has 3 aromatic carbocycles. The molecule has 2 N–H and O–H groups in total. The number of carbonyl (C=O) groups is 2. The molecule has 0 aliphatic carbocycles. The number of nitrogens with zero attached hydrogens (tertiary/aromatic N) is 1. The maximum Gasteiger partial charge on any atom is 0.271 e. The molecule has 152 valence electrons. The van der Waals surface area contributed by atoms with Crippen LogP contribution in [0.5, 0.6) is 5.75 Å². The number of benzene rings is 3. The second-order valence-corrected chi connectivity index (χ2v) is 6.69. The van der Waals surface area contributed by atoms with Crippen LogP contribution in [0.1, 0.15) is 23.7 Å². The standard InChI is InChI=1S/C24H23N3O3/c1-17(15-23(28)25-21-9-6-10-22(16-21)30-2)26-27-24(29)20-13-11-19(12-14-20)18-7-4-3-5-8-18/h3-14,16H,15H2,1-2H3,(H,25,28)(H,27,29). The number of hydrogen-bond acceptors (Lipinski definition) is 4. The predicted octanol–water partition coefficient (Wildman–Crippen LogP) is 4.50. The Morgan fingerprint density at radius 1 is 0.900 bits per heavy atom. The molecule has 0 unspecified atom stereocenters. The summed E-state index contributed by atoms with van der Waals surface area (Å²) < 4.78 is 5.13. The van der Waals surface area contributed by atoms with E-state index < -0.39 is 0 Å². The van der Waals surface area contributed by atoms with Gasteiger partial charge in [-0.3, -0.25) is 9.59 Å². The summed E-state index contributed by atoms with van der Waals surface area (Å²) >= 11 is 0. The fourth-order valence-corrected chi connectivity index (χ4v) is 2.83. The quantitative estimate of drug-likeness (QED) is 0.452. The Labute approximate surface area is 175 Å². The van der Waals surface area contributed by atoms with Crippen LogP contribution in [0.3, 0.4) is 0 Å². The second kappa shape index (κ2) is 10.0. The van der Waals surface area contributed by atoms with Gasteiger partial charge >= 0.3 is 0 Å². The van der Waals surface area contributed by atoms with Gasteiger partial charge in [-0.2, -0.15) is 5.10 Å². The summed E-state index contributed by atoms with van der Waals surface area (Å²) in [7, 11) is 1.57. The smallest absolute Gasteiger partial charge is 0.271 e. The van der Waals surface area contributed by atoms with Gasteiger partial charge in [-0.05, 0) is 42.3 Å². The molecule has 2 amide bonds. The second-order valence-electron chi connectivity index (χ2n) is 6.69. The number of nitrogens with one attached hydrogen (secondary N) is 2. The number of methoxy groups -OCH3 is 1. The van der Waals surface area contributed by atoms with Gasteiger partial charge in [0.25, 0.3) is 5.91 Å². The van der Waals surface area contributed by atoms with Gasteiger partial charge in [-0.25, -0.2) is 5.43 Å². The van der Waals surface area contributed by atoms with Crippen molar-refractivity contribution in [2.75, 3.05) is 12.4 Å². The number of hydrogen-bond donors (Lipinski definition) is 2. The Morgan fingerprint density at radius 2 is 1.60 bits per heavy atom. The lowest BCUT2D eigenvalue weighted by molar-refractivity contribution is -0.115. The van der Waals surface area contributed by atoms with Crippen molar-refractivity contribution in [2.24, 2.45) is 5.10 Å². The topological polar surface area (TPSA) is 79.8 Å². The van der Waals surface area contributed by atoms with E-state index in [-0.39, 0.29) is 18.2 Å². The van der Waals surface area contributed by atoms with Crippen molar-refractivity contribution in [3.05, 3.63) is 84.4 Å². The molecule has 30 heavy (non-hydrogen) atoms. The monoisotopic (exact) mass is 401 g/mol. The van der Waals surface area contributed by atoms with E-state index in [4.69, 9.17) is 4.74 Å². The lowest BCUT2D eigenvalue weighted by Crippen LogP contribution is -2.21. The lowest BCUT2D eigenvalue weighted by Gasteiger charge is -2.07. The highest BCUT2D eigenvalue weighted by atomic mass is 16.5. The first-order valence-electron chi connectivity index (χ1n) is 9.48. The van der Waals surface area contributed by atoms with E-state index in [1.807, 2.05) is 42.5 Å². The molecular formula is C24H23N3O3. The van der Waals surface area contributed by atoms with Crippen LogP contribution < -0.4 is 15.5 Å². The first-order chi connectivity index (χ1) is 14.5. The van der Waals surface area contributed by atoms with Crippen molar-refractivity contribution >= 4 is 23.2 Å². The van der Waals surface area contributed by atoms with Gasteiger partial charge in [0.2, 0.25) is 5.91 Å². The van der Waals surface area contributed by atoms with Crippen molar-refractivity contribution in [3.63, 3.8) is 0 Å². The molecule has 3 aromatic rings. The number of rotatable bonds is 7. The van der Waals surface area contributed by atoms with Crippen LogP contribution in [-0.2, 0) is 4.79 Å². The Morgan fingerprint density at radius 3 is 2.30 bits per heavy atom. The molecule has 0 aromatic heterocycles.